The number of rotatable bonds is 6. The van der Waals surface area contributed by atoms with Crippen molar-refractivity contribution in [3.63, 3.8) is 0 Å². The maximum Gasteiger partial charge on any atom is 0.354 e. The second kappa shape index (κ2) is 6.73. The van der Waals surface area contributed by atoms with Crippen molar-refractivity contribution in [3.8, 4) is 11.5 Å². The predicted octanol–water partition coefficient (Wildman–Crippen LogP) is 3.92. The van der Waals surface area contributed by atoms with Crippen molar-refractivity contribution in [2.45, 2.75) is 46.3 Å². The van der Waals surface area contributed by atoms with E-state index in [1.54, 1.807) is 6.07 Å². The van der Waals surface area contributed by atoms with Gasteiger partial charge in [-0.05, 0) is 33.3 Å². The van der Waals surface area contributed by atoms with E-state index in [2.05, 4.69) is 11.9 Å². The van der Waals surface area contributed by atoms with Crippen LogP contribution >= 0.6 is 0 Å². The molecule has 0 radical (unpaired) electrons. The number of hydrogen-bond acceptors (Lipinski definition) is 4. The van der Waals surface area contributed by atoms with Crippen LogP contribution in [0.3, 0.4) is 0 Å². The molecule has 1 atom stereocenters. The summed E-state index contributed by atoms with van der Waals surface area (Å²) in [5.41, 5.74) is 1.19. The van der Waals surface area contributed by atoms with Crippen LogP contribution in [0.5, 0.6) is 11.5 Å². The average molecular weight is 305 g/mol. The van der Waals surface area contributed by atoms with E-state index in [4.69, 9.17) is 14.2 Å². The van der Waals surface area contributed by atoms with Crippen molar-refractivity contribution in [2.24, 2.45) is 0 Å². The second-order valence-corrected chi connectivity index (χ2v) is 5.56. The molecule has 2 aromatic rings. The zero-order valence-corrected chi connectivity index (χ0v) is 13.7. The van der Waals surface area contributed by atoms with Crippen LogP contribution in [0.2, 0.25) is 0 Å². The summed E-state index contributed by atoms with van der Waals surface area (Å²) in [6.07, 6.45) is 1.03. The lowest BCUT2D eigenvalue weighted by Gasteiger charge is -2.16. The smallest absolute Gasteiger partial charge is 0.354 e. The number of fused-ring (bicyclic) bond motifs is 1. The summed E-state index contributed by atoms with van der Waals surface area (Å²) in [5, 5.41) is 0.844. The monoisotopic (exact) mass is 305 g/mol. The Hall–Kier alpha value is -2.17. The summed E-state index contributed by atoms with van der Waals surface area (Å²) >= 11 is 0. The average Bonchev–Trinajstić information content (AvgIpc) is 2.89. The fraction of sp³-hybridized carbons (Fsp3) is 0.471. The first-order valence-corrected chi connectivity index (χ1v) is 7.53. The first-order valence-electron chi connectivity index (χ1n) is 7.53. The van der Waals surface area contributed by atoms with Gasteiger partial charge in [-0.2, -0.15) is 0 Å². The molecular formula is C17H23NO4. The molecule has 0 aliphatic rings. The van der Waals surface area contributed by atoms with Crippen LogP contribution < -0.4 is 9.47 Å². The van der Waals surface area contributed by atoms with Gasteiger partial charge in [0.25, 0.3) is 0 Å². The van der Waals surface area contributed by atoms with Gasteiger partial charge in [0, 0.05) is 17.5 Å². The molecule has 0 aliphatic carbocycles. The summed E-state index contributed by atoms with van der Waals surface area (Å²) in [5.74, 6) is 1.00. The summed E-state index contributed by atoms with van der Waals surface area (Å²) in [4.78, 5) is 14.8. The highest BCUT2D eigenvalue weighted by atomic mass is 16.5. The second-order valence-electron chi connectivity index (χ2n) is 5.56. The molecule has 1 heterocycles. The number of H-pyrrole nitrogens is 1. The number of carbonyl (C=O) groups is 1. The highest BCUT2D eigenvalue weighted by Crippen LogP contribution is 2.33. The molecule has 1 N–H and O–H groups in total. The molecule has 5 nitrogen and oxygen atoms in total. The number of aromatic amines is 1. The molecule has 0 aliphatic heterocycles. The van der Waals surface area contributed by atoms with Gasteiger partial charge in [-0.25, -0.2) is 4.79 Å². The van der Waals surface area contributed by atoms with E-state index >= 15 is 0 Å². The normalized spacial score (nSPS) is 12.5. The lowest BCUT2D eigenvalue weighted by Crippen LogP contribution is -2.10. The minimum Gasteiger partial charge on any atom is -0.491 e. The van der Waals surface area contributed by atoms with Crippen LogP contribution in [0.1, 0.15) is 44.6 Å². The molecule has 0 amide bonds. The molecule has 0 saturated carbocycles. The molecule has 0 spiro atoms. The summed E-state index contributed by atoms with van der Waals surface area (Å²) < 4.78 is 16.5. The van der Waals surface area contributed by atoms with Crippen LogP contribution in [0.4, 0.5) is 0 Å². The highest BCUT2D eigenvalue weighted by Gasteiger charge is 2.16. The quantitative estimate of drug-likeness (QED) is 0.822. The first kappa shape index (κ1) is 16.2. The van der Waals surface area contributed by atoms with Gasteiger partial charge < -0.3 is 19.2 Å². The lowest BCUT2D eigenvalue weighted by atomic mass is 10.2. The number of methoxy groups -OCH3 is 1. The van der Waals surface area contributed by atoms with Crippen molar-refractivity contribution < 1.29 is 19.0 Å². The Balaban J connectivity index is 2.51. The fourth-order valence-corrected chi connectivity index (χ4v) is 2.14. The maximum atomic E-state index is 11.7. The van der Waals surface area contributed by atoms with E-state index in [0.717, 1.165) is 17.3 Å². The van der Waals surface area contributed by atoms with Crippen LogP contribution in [-0.4, -0.2) is 30.3 Å². The fourth-order valence-electron chi connectivity index (χ4n) is 2.14. The van der Waals surface area contributed by atoms with Crippen molar-refractivity contribution in [2.75, 3.05) is 7.11 Å². The standard InChI is InChI=1S/C17H23NO4/c1-6-11(4)22-16-8-12(21-10(2)3)7-14-13(16)9-15(18-14)17(19)20-5/h7-11,18H,6H2,1-5H3. The number of hydrogen-bond donors (Lipinski definition) is 1. The van der Waals surface area contributed by atoms with Crippen LogP contribution in [0.25, 0.3) is 10.9 Å². The van der Waals surface area contributed by atoms with E-state index in [0.29, 0.717) is 17.2 Å². The first-order chi connectivity index (χ1) is 10.4. The van der Waals surface area contributed by atoms with Gasteiger partial charge in [-0.15, -0.1) is 0 Å². The van der Waals surface area contributed by atoms with Crippen LogP contribution in [-0.2, 0) is 4.74 Å². The van der Waals surface area contributed by atoms with Crippen LogP contribution in [0.15, 0.2) is 18.2 Å². The zero-order chi connectivity index (χ0) is 16.3. The van der Waals surface area contributed by atoms with E-state index in [1.807, 2.05) is 32.9 Å². The van der Waals surface area contributed by atoms with E-state index in [9.17, 15) is 4.79 Å². The Morgan fingerprint density at radius 2 is 1.91 bits per heavy atom. The van der Waals surface area contributed by atoms with E-state index in [1.165, 1.54) is 7.11 Å². The number of carbonyl (C=O) groups excluding carboxylic acids is 1. The van der Waals surface area contributed by atoms with Crippen molar-refractivity contribution in [1.29, 1.82) is 0 Å². The number of ether oxygens (including phenoxy) is 3. The summed E-state index contributed by atoms with van der Waals surface area (Å²) in [6.45, 7) is 8.00. The molecule has 120 valence electrons. The largest absolute Gasteiger partial charge is 0.491 e. The van der Waals surface area contributed by atoms with E-state index < -0.39 is 5.97 Å². The van der Waals surface area contributed by atoms with Gasteiger partial charge in [0.1, 0.15) is 17.2 Å². The topological polar surface area (TPSA) is 60.5 Å². The number of esters is 1. The predicted molar refractivity (Wildman–Crippen MR) is 85.8 cm³/mol. The van der Waals surface area contributed by atoms with Crippen molar-refractivity contribution in [1.82, 2.24) is 4.98 Å². The SMILES string of the molecule is CCC(C)Oc1cc(OC(C)C)cc2[nH]c(C(=O)OC)cc12. The Labute approximate surface area is 130 Å². The van der Waals surface area contributed by atoms with Gasteiger partial charge >= 0.3 is 5.97 Å². The number of aromatic nitrogens is 1. The van der Waals surface area contributed by atoms with Gasteiger partial charge in [0.05, 0.1) is 24.8 Å². The summed E-state index contributed by atoms with van der Waals surface area (Å²) in [6, 6.07) is 5.48. The molecule has 1 unspecified atom stereocenters. The third kappa shape index (κ3) is 3.53. The Morgan fingerprint density at radius 1 is 1.18 bits per heavy atom. The van der Waals surface area contributed by atoms with Gasteiger partial charge in [0.15, 0.2) is 0 Å². The molecule has 5 heteroatoms. The molecular weight excluding hydrogens is 282 g/mol. The third-order valence-corrected chi connectivity index (χ3v) is 3.35. The number of benzene rings is 1. The molecule has 22 heavy (non-hydrogen) atoms. The molecule has 0 saturated heterocycles. The zero-order valence-electron chi connectivity index (χ0n) is 13.7. The minimum atomic E-state index is -0.406. The Morgan fingerprint density at radius 3 is 2.50 bits per heavy atom. The molecule has 1 aromatic heterocycles. The van der Waals surface area contributed by atoms with Crippen molar-refractivity contribution in [3.05, 3.63) is 23.9 Å². The molecule has 0 fully saturated rings. The van der Waals surface area contributed by atoms with Crippen LogP contribution in [0, 0.1) is 0 Å². The van der Waals surface area contributed by atoms with Gasteiger partial charge in [0.2, 0.25) is 0 Å². The molecule has 0 bridgehead atoms. The third-order valence-electron chi connectivity index (χ3n) is 3.35. The highest BCUT2D eigenvalue weighted by molar-refractivity contribution is 5.97. The Kier molecular flexibility index (Phi) is 4.96. The van der Waals surface area contributed by atoms with Crippen molar-refractivity contribution >= 4 is 16.9 Å². The molecule has 2 rings (SSSR count). The van der Waals surface area contributed by atoms with Gasteiger partial charge in [-0.3, -0.25) is 0 Å². The molecule has 1 aromatic carbocycles. The summed E-state index contributed by atoms with van der Waals surface area (Å²) in [7, 11) is 1.36. The van der Waals surface area contributed by atoms with E-state index in [-0.39, 0.29) is 12.2 Å². The maximum absolute atomic E-state index is 11.7. The minimum absolute atomic E-state index is 0.0592. The number of nitrogens with one attached hydrogen (secondary N) is 1. The lowest BCUT2D eigenvalue weighted by molar-refractivity contribution is 0.0595. The Bertz CT molecular complexity index is 660. The van der Waals surface area contributed by atoms with Gasteiger partial charge in [-0.1, -0.05) is 6.92 Å².